The van der Waals surface area contributed by atoms with Crippen molar-refractivity contribution in [2.45, 2.75) is 39.0 Å². The molecule has 1 aliphatic carbocycles. The predicted molar refractivity (Wildman–Crippen MR) is 84.2 cm³/mol. The highest BCUT2D eigenvalue weighted by molar-refractivity contribution is 5.87. The summed E-state index contributed by atoms with van der Waals surface area (Å²) in [5.74, 6) is 1.25. The Kier molecular flexibility index (Phi) is 6.32. The van der Waals surface area contributed by atoms with Crippen LogP contribution in [-0.4, -0.2) is 19.2 Å². The highest BCUT2D eigenvalue weighted by atomic mass is 16.5. The topological polar surface area (TPSA) is 35.5 Å². The molecule has 0 saturated heterocycles. The van der Waals surface area contributed by atoms with Gasteiger partial charge in [-0.1, -0.05) is 31.4 Å². The van der Waals surface area contributed by atoms with Crippen LogP contribution in [0, 0.1) is 5.92 Å². The molecule has 0 N–H and O–H groups in total. The first-order chi connectivity index (χ1) is 10.3. The van der Waals surface area contributed by atoms with Crippen LogP contribution in [0.25, 0.3) is 6.08 Å². The molecule has 0 radical (unpaired) electrons. The van der Waals surface area contributed by atoms with Crippen LogP contribution >= 0.6 is 0 Å². The van der Waals surface area contributed by atoms with E-state index in [2.05, 4.69) is 0 Å². The zero-order valence-electron chi connectivity index (χ0n) is 12.7. The van der Waals surface area contributed by atoms with Crippen molar-refractivity contribution in [1.82, 2.24) is 0 Å². The molecule has 3 nitrogen and oxygen atoms in total. The quantitative estimate of drug-likeness (QED) is 0.580. The Morgan fingerprint density at radius 3 is 2.86 bits per heavy atom. The third-order valence-electron chi connectivity index (χ3n) is 3.77. The van der Waals surface area contributed by atoms with Crippen molar-refractivity contribution in [2.75, 3.05) is 13.2 Å². The molecule has 1 saturated carbocycles. The minimum absolute atomic E-state index is 0.314. The SMILES string of the molecule is CCOC(=O)/C=C/c1cccc(OCC2CCCCC2)c1. The van der Waals surface area contributed by atoms with Gasteiger partial charge >= 0.3 is 5.97 Å². The second kappa shape index (κ2) is 8.50. The van der Waals surface area contributed by atoms with Gasteiger partial charge in [-0.2, -0.15) is 0 Å². The number of ether oxygens (including phenoxy) is 2. The number of hydrogen-bond donors (Lipinski definition) is 0. The van der Waals surface area contributed by atoms with Crippen LogP contribution in [0.1, 0.15) is 44.6 Å². The van der Waals surface area contributed by atoms with E-state index < -0.39 is 0 Å². The fraction of sp³-hybridized carbons (Fsp3) is 0.500. The summed E-state index contributed by atoms with van der Waals surface area (Å²) in [4.78, 5) is 11.3. The molecule has 0 heterocycles. The van der Waals surface area contributed by atoms with Crippen molar-refractivity contribution >= 4 is 12.0 Å². The Morgan fingerprint density at radius 1 is 1.29 bits per heavy atom. The first-order valence-electron chi connectivity index (χ1n) is 7.85. The molecule has 114 valence electrons. The van der Waals surface area contributed by atoms with Crippen LogP contribution < -0.4 is 4.74 Å². The van der Waals surface area contributed by atoms with E-state index in [4.69, 9.17) is 9.47 Å². The Morgan fingerprint density at radius 2 is 2.10 bits per heavy atom. The lowest BCUT2D eigenvalue weighted by Crippen LogP contribution is -2.15. The van der Waals surface area contributed by atoms with Crippen molar-refractivity contribution in [3.63, 3.8) is 0 Å². The van der Waals surface area contributed by atoms with Gasteiger partial charge in [-0.25, -0.2) is 4.79 Å². The van der Waals surface area contributed by atoms with Gasteiger partial charge in [-0.3, -0.25) is 0 Å². The van der Waals surface area contributed by atoms with Gasteiger partial charge in [0.2, 0.25) is 0 Å². The largest absolute Gasteiger partial charge is 0.493 e. The number of carbonyl (C=O) groups is 1. The van der Waals surface area contributed by atoms with Gasteiger partial charge in [0.1, 0.15) is 5.75 Å². The van der Waals surface area contributed by atoms with E-state index in [-0.39, 0.29) is 5.97 Å². The number of carbonyl (C=O) groups excluding carboxylic acids is 1. The van der Waals surface area contributed by atoms with Gasteiger partial charge in [0.15, 0.2) is 0 Å². The molecule has 0 atom stereocenters. The second-order valence-corrected chi connectivity index (χ2v) is 5.47. The third kappa shape index (κ3) is 5.62. The Labute approximate surface area is 127 Å². The zero-order valence-corrected chi connectivity index (χ0v) is 12.7. The average Bonchev–Trinajstić information content (AvgIpc) is 2.53. The normalized spacial score (nSPS) is 16.0. The van der Waals surface area contributed by atoms with Crippen LogP contribution in [0.4, 0.5) is 0 Å². The Bertz CT molecular complexity index is 473. The van der Waals surface area contributed by atoms with Crippen molar-refractivity contribution in [3.8, 4) is 5.75 Å². The van der Waals surface area contributed by atoms with Crippen molar-refractivity contribution < 1.29 is 14.3 Å². The fourth-order valence-corrected chi connectivity index (χ4v) is 2.63. The van der Waals surface area contributed by atoms with Crippen LogP contribution in [0.15, 0.2) is 30.3 Å². The number of benzene rings is 1. The highest BCUT2D eigenvalue weighted by Gasteiger charge is 2.13. The molecule has 1 aliphatic rings. The van der Waals surface area contributed by atoms with Crippen molar-refractivity contribution in [1.29, 1.82) is 0 Å². The minimum Gasteiger partial charge on any atom is -0.493 e. The Hall–Kier alpha value is -1.77. The van der Waals surface area contributed by atoms with E-state index in [0.717, 1.165) is 17.9 Å². The van der Waals surface area contributed by atoms with Gasteiger partial charge in [-0.15, -0.1) is 0 Å². The second-order valence-electron chi connectivity index (χ2n) is 5.47. The summed E-state index contributed by atoms with van der Waals surface area (Å²) in [7, 11) is 0. The van der Waals surface area contributed by atoms with Gasteiger partial charge in [0, 0.05) is 6.08 Å². The van der Waals surface area contributed by atoms with E-state index in [1.807, 2.05) is 24.3 Å². The lowest BCUT2D eigenvalue weighted by molar-refractivity contribution is -0.137. The minimum atomic E-state index is -0.314. The molecular weight excluding hydrogens is 264 g/mol. The summed E-state index contributed by atoms with van der Waals surface area (Å²) < 4.78 is 10.8. The lowest BCUT2D eigenvalue weighted by atomic mass is 9.90. The molecule has 0 amide bonds. The van der Waals surface area contributed by atoms with Crippen LogP contribution in [0.2, 0.25) is 0 Å². The molecular formula is C18H24O3. The molecule has 21 heavy (non-hydrogen) atoms. The van der Waals surface area contributed by atoms with E-state index in [1.165, 1.54) is 38.2 Å². The molecule has 0 unspecified atom stereocenters. The summed E-state index contributed by atoms with van der Waals surface area (Å²) in [6.45, 7) is 2.99. The third-order valence-corrected chi connectivity index (χ3v) is 3.77. The average molecular weight is 288 g/mol. The lowest BCUT2D eigenvalue weighted by Gasteiger charge is -2.21. The first-order valence-corrected chi connectivity index (χ1v) is 7.85. The monoisotopic (exact) mass is 288 g/mol. The van der Waals surface area contributed by atoms with E-state index in [0.29, 0.717) is 12.5 Å². The summed E-state index contributed by atoms with van der Waals surface area (Å²) in [6, 6.07) is 7.81. The summed E-state index contributed by atoms with van der Waals surface area (Å²) >= 11 is 0. The summed E-state index contributed by atoms with van der Waals surface area (Å²) in [5.41, 5.74) is 0.948. The Balaban J connectivity index is 1.86. The molecule has 1 aromatic rings. The molecule has 0 aliphatic heterocycles. The molecule has 0 spiro atoms. The molecule has 0 bridgehead atoms. The number of esters is 1. The summed E-state index contributed by atoms with van der Waals surface area (Å²) in [6.07, 6.45) is 9.79. The van der Waals surface area contributed by atoms with Gasteiger partial charge in [-0.05, 0) is 49.5 Å². The molecule has 0 aromatic heterocycles. The van der Waals surface area contributed by atoms with Crippen molar-refractivity contribution in [3.05, 3.63) is 35.9 Å². The predicted octanol–water partition coefficient (Wildman–Crippen LogP) is 4.22. The van der Waals surface area contributed by atoms with Crippen molar-refractivity contribution in [2.24, 2.45) is 5.92 Å². The maximum absolute atomic E-state index is 11.3. The molecule has 1 aromatic carbocycles. The maximum atomic E-state index is 11.3. The van der Waals surface area contributed by atoms with Crippen LogP contribution in [0.5, 0.6) is 5.75 Å². The first kappa shape index (κ1) is 15.6. The molecule has 3 heteroatoms. The smallest absolute Gasteiger partial charge is 0.330 e. The molecule has 2 rings (SSSR count). The number of hydrogen-bond acceptors (Lipinski definition) is 3. The summed E-state index contributed by atoms with van der Waals surface area (Å²) in [5, 5.41) is 0. The van der Waals surface area contributed by atoms with E-state index in [1.54, 1.807) is 13.0 Å². The zero-order chi connectivity index (χ0) is 14.9. The van der Waals surface area contributed by atoms with Gasteiger partial charge in [0.05, 0.1) is 13.2 Å². The number of rotatable bonds is 6. The molecule has 1 fully saturated rings. The maximum Gasteiger partial charge on any atom is 0.330 e. The van der Waals surface area contributed by atoms with E-state index >= 15 is 0 Å². The van der Waals surface area contributed by atoms with Crippen LogP contribution in [-0.2, 0) is 9.53 Å². The fourth-order valence-electron chi connectivity index (χ4n) is 2.63. The highest BCUT2D eigenvalue weighted by Crippen LogP contribution is 2.25. The van der Waals surface area contributed by atoms with Gasteiger partial charge in [0.25, 0.3) is 0 Å². The van der Waals surface area contributed by atoms with Crippen LogP contribution in [0.3, 0.4) is 0 Å². The standard InChI is InChI=1S/C18H24O3/c1-2-20-18(19)12-11-15-9-6-10-17(13-15)21-14-16-7-4-3-5-8-16/h6,9-13,16H,2-5,7-8,14H2,1H3/b12-11+. The van der Waals surface area contributed by atoms with Gasteiger partial charge < -0.3 is 9.47 Å². The van der Waals surface area contributed by atoms with E-state index in [9.17, 15) is 4.79 Å².